The molecule has 0 aromatic heterocycles. The standard InChI is InChI=1S/C22H18BrCl2NO3/c23-16-2-5-20(29-13-14-1-4-18(24)19(25)9-14)15(10-16)12-26-17-3-6-21-22(11-17)28-8-7-27-21/h1-6,9-11,26H,7-8,12-13H2. The quantitative estimate of drug-likeness (QED) is 0.413. The van der Waals surface area contributed by atoms with E-state index in [2.05, 4.69) is 21.2 Å². The van der Waals surface area contributed by atoms with E-state index in [4.69, 9.17) is 37.4 Å². The minimum atomic E-state index is 0.398. The van der Waals surface area contributed by atoms with Crippen LogP contribution in [0, 0.1) is 0 Å². The van der Waals surface area contributed by atoms with Crippen LogP contribution < -0.4 is 19.5 Å². The monoisotopic (exact) mass is 493 g/mol. The van der Waals surface area contributed by atoms with Crippen molar-refractivity contribution < 1.29 is 14.2 Å². The average Bonchev–Trinajstić information content (AvgIpc) is 2.74. The summed E-state index contributed by atoms with van der Waals surface area (Å²) in [4.78, 5) is 0. The number of fused-ring (bicyclic) bond motifs is 1. The molecule has 0 spiro atoms. The number of nitrogens with one attached hydrogen (secondary N) is 1. The molecule has 7 heteroatoms. The molecule has 150 valence electrons. The van der Waals surface area contributed by atoms with Crippen molar-refractivity contribution >= 4 is 44.8 Å². The van der Waals surface area contributed by atoms with Gasteiger partial charge in [0.1, 0.15) is 25.6 Å². The summed E-state index contributed by atoms with van der Waals surface area (Å²) in [7, 11) is 0. The fourth-order valence-electron chi connectivity index (χ4n) is 2.97. The van der Waals surface area contributed by atoms with Gasteiger partial charge >= 0.3 is 0 Å². The van der Waals surface area contributed by atoms with Crippen LogP contribution in [0.5, 0.6) is 17.2 Å². The Hall–Kier alpha value is -2.08. The van der Waals surface area contributed by atoms with Gasteiger partial charge in [0.15, 0.2) is 11.5 Å². The summed E-state index contributed by atoms with van der Waals surface area (Å²) in [5.74, 6) is 2.32. The maximum atomic E-state index is 6.09. The molecule has 0 amide bonds. The van der Waals surface area contributed by atoms with E-state index >= 15 is 0 Å². The smallest absolute Gasteiger partial charge is 0.163 e. The molecular formula is C22H18BrCl2NO3. The second-order valence-electron chi connectivity index (χ2n) is 6.50. The molecule has 1 N–H and O–H groups in total. The zero-order valence-electron chi connectivity index (χ0n) is 15.4. The lowest BCUT2D eigenvalue weighted by Crippen LogP contribution is -2.15. The fourth-order valence-corrected chi connectivity index (χ4v) is 3.70. The van der Waals surface area contributed by atoms with Gasteiger partial charge in [-0.3, -0.25) is 0 Å². The van der Waals surface area contributed by atoms with Crippen molar-refractivity contribution in [3.63, 3.8) is 0 Å². The van der Waals surface area contributed by atoms with Gasteiger partial charge < -0.3 is 19.5 Å². The Morgan fingerprint density at radius 1 is 0.897 bits per heavy atom. The van der Waals surface area contributed by atoms with E-state index in [0.29, 0.717) is 36.4 Å². The highest BCUT2D eigenvalue weighted by molar-refractivity contribution is 9.10. The van der Waals surface area contributed by atoms with E-state index in [1.54, 1.807) is 6.07 Å². The molecule has 29 heavy (non-hydrogen) atoms. The first-order valence-electron chi connectivity index (χ1n) is 9.07. The van der Waals surface area contributed by atoms with Crippen molar-refractivity contribution in [3.8, 4) is 17.2 Å². The molecule has 0 fully saturated rings. The molecule has 1 aliphatic rings. The number of ether oxygens (including phenoxy) is 3. The highest BCUT2D eigenvalue weighted by Gasteiger charge is 2.12. The van der Waals surface area contributed by atoms with E-state index in [-0.39, 0.29) is 0 Å². The van der Waals surface area contributed by atoms with E-state index in [0.717, 1.165) is 38.5 Å². The molecule has 4 rings (SSSR count). The minimum Gasteiger partial charge on any atom is -0.489 e. The van der Waals surface area contributed by atoms with Crippen molar-refractivity contribution in [2.24, 2.45) is 0 Å². The number of halogens is 3. The Balaban J connectivity index is 1.45. The molecule has 0 unspecified atom stereocenters. The largest absolute Gasteiger partial charge is 0.489 e. The van der Waals surface area contributed by atoms with Crippen LogP contribution in [-0.4, -0.2) is 13.2 Å². The molecule has 0 aliphatic carbocycles. The zero-order chi connectivity index (χ0) is 20.2. The molecule has 0 saturated carbocycles. The molecule has 0 radical (unpaired) electrons. The summed E-state index contributed by atoms with van der Waals surface area (Å²) in [6, 6.07) is 17.3. The van der Waals surface area contributed by atoms with Crippen molar-refractivity contribution in [2.45, 2.75) is 13.2 Å². The molecule has 3 aromatic rings. The van der Waals surface area contributed by atoms with E-state index < -0.39 is 0 Å². The maximum absolute atomic E-state index is 6.09. The Morgan fingerprint density at radius 3 is 2.55 bits per heavy atom. The fraction of sp³-hybridized carbons (Fsp3) is 0.182. The van der Waals surface area contributed by atoms with Crippen LogP contribution in [0.2, 0.25) is 10.0 Å². The van der Waals surface area contributed by atoms with E-state index in [9.17, 15) is 0 Å². The van der Waals surface area contributed by atoms with Gasteiger partial charge in [-0.25, -0.2) is 0 Å². The summed E-state index contributed by atoms with van der Waals surface area (Å²) in [5.41, 5.74) is 2.92. The summed E-state index contributed by atoms with van der Waals surface area (Å²) < 4.78 is 18.2. The van der Waals surface area contributed by atoms with Crippen LogP contribution in [-0.2, 0) is 13.2 Å². The summed E-state index contributed by atoms with van der Waals surface area (Å²) in [5, 5.41) is 4.47. The second kappa shape index (κ2) is 9.16. The lowest BCUT2D eigenvalue weighted by molar-refractivity contribution is 0.171. The summed E-state index contributed by atoms with van der Waals surface area (Å²) in [6.45, 7) is 2.14. The summed E-state index contributed by atoms with van der Waals surface area (Å²) in [6.07, 6.45) is 0. The normalized spacial score (nSPS) is 12.5. The van der Waals surface area contributed by atoms with Gasteiger partial charge in [-0.2, -0.15) is 0 Å². The first-order valence-corrected chi connectivity index (χ1v) is 10.6. The summed E-state index contributed by atoms with van der Waals surface area (Å²) >= 11 is 15.6. The number of hydrogen-bond donors (Lipinski definition) is 1. The van der Waals surface area contributed by atoms with E-state index in [1.807, 2.05) is 48.5 Å². The molecular weight excluding hydrogens is 477 g/mol. The third-order valence-electron chi connectivity index (χ3n) is 4.43. The zero-order valence-corrected chi connectivity index (χ0v) is 18.5. The van der Waals surface area contributed by atoms with Gasteiger partial charge in [0.25, 0.3) is 0 Å². The van der Waals surface area contributed by atoms with Crippen LogP contribution in [0.4, 0.5) is 5.69 Å². The van der Waals surface area contributed by atoms with Gasteiger partial charge in [-0.05, 0) is 48.0 Å². The van der Waals surface area contributed by atoms with Crippen LogP contribution in [0.15, 0.2) is 59.1 Å². The average molecular weight is 495 g/mol. The Kier molecular flexibility index (Phi) is 6.38. The highest BCUT2D eigenvalue weighted by atomic mass is 79.9. The SMILES string of the molecule is Clc1ccc(COc2ccc(Br)cc2CNc2ccc3c(c2)OCCO3)cc1Cl. The van der Waals surface area contributed by atoms with Crippen molar-refractivity contribution in [1.29, 1.82) is 0 Å². The first-order chi connectivity index (χ1) is 14.1. The highest BCUT2D eigenvalue weighted by Crippen LogP contribution is 2.33. The van der Waals surface area contributed by atoms with Crippen LogP contribution in [0.3, 0.4) is 0 Å². The van der Waals surface area contributed by atoms with Crippen LogP contribution in [0.1, 0.15) is 11.1 Å². The predicted molar refractivity (Wildman–Crippen MR) is 120 cm³/mol. The van der Waals surface area contributed by atoms with Gasteiger partial charge in [0, 0.05) is 28.3 Å². The van der Waals surface area contributed by atoms with Gasteiger partial charge in [0.2, 0.25) is 0 Å². The topological polar surface area (TPSA) is 39.7 Å². The van der Waals surface area contributed by atoms with Gasteiger partial charge in [-0.15, -0.1) is 0 Å². The number of hydrogen-bond acceptors (Lipinski definition) is 4. The maximum Gasteiger partial charge on any atom is 0.163 e. The number of benzene rings is 3. The molecule has 0 bridgehead atoms. The molecule has 3 aromatic carbocycles. The predicted octanol–water partition coefficient (Wildman–Crippen LogP) is 6.72. The third kappa shape index (κ3) is 5.10. The lowest BCUT2D eigenvalue weighted by Gasteiger charge is -2.19. The van der Waals surface area contributed by atoms with E-state index in [1.165, 1.54) is 0 Å². The van der Waals surface area contributed by atoms with Gasteiger partial charge in [-0.1, -0.05) is 45.2 Å². The molecule has 1 aliphatic heterocycles. The first kappa shape index (κ1) is 20.2. The van der Waals surface area contributed by atoms with Gasteiger partial charge in [0.05, 0.1) is 10.0 Å². The third-order valence-corrected chi connectivity index (χ3v) is 5.66. The molecule has 1 heterocycles. The molecule has 0 saturated heterocycles. The molecule has 4 nitrogen and oxygen atoms in total. The van der Waals surface area contributed by atoms with Crippen molar-refractivity contribution in [3.05, 3.63) is 80.2 Å². The Bertz CT molecular complexity index is 1030. The van der Waals surface area contributed by atoms with Crippen LogP contribution in [0.25, 0.3) is 0 Å². The van der Waals surface area contributed by atoms with Crippen LogP contribution >= 0.6 is 39.1 Å². The molecule has 0 atom stereocenters. The minimum absolute atomic E-state index is 0.398. The van der Waals surface area contributed by atoms with Crippen molar-refractivity contribution in [1.82, 2.24) is 0 Å². The Morgan fingerprint density at radius 2 is 1.72 bits per heavy atom. The second-order valence-corrected chi connectivity index (χ2v) is 8.23. The Labute approximate surface area is 187 Å². The number of rotatable bonds is 6. The lowest BCUT2D eigenvalue weighted by atomic mass is 10.2. The van der Waals surface area contributed by atoms with Crippen molar-refractivity contribution in [2.75, 3.05) is 18.5 Å². The number of anilines is 1.